The zero-order valence-corrected chi connectivity index (χ0v) is 15.6. The highest BCUT2D eigenvalue weighted by molar-refractivity contribution is 6.56. The Labute approximate surface area is 148 Å². The lowest BCUT2D eigenvalue weighted by Crippen LogP contribution is -2.41. The summed E-state index contributed by atoms with van der Waals surface area (Å²) in [6, 6.07) is 4.67. The van der Waals surface area contributed by atoms with E-state index in [9.17, 15) is 9.18 Å². The highest BCUT2D eigenvalue weighted by atomic mass is 19.1. The van der Waals surface area contributed by atoms with E-state index in [-0.39, 0.29) is 18.2 Å². The summed E-state index contributed by atoms with van der Waals surface area (Å²) in [5, 5.41) is 2.75. The van der Waals surface area contributed by atoms with Crippen molar-refractivity contribution < 1.29 is 23.2 Å². The molecule has 1 aromatic carbocycles. The van der Waals surface area contributed by atoms with Crippen LogP contribution in [0, 0.1) is 5.82 Å². The van der Waals surface area contributed by atoms with Crippen LogP contribution in [0.4, 0.5) is 4.39 Å². The Bertz CT molecular complexity index is 672. The zero-order valence-electron chi connectivity index (χ0n) is 15.6. The number of nitrogens with one attached hydrogen (secondary N) is 1. The third-order valence-electron chi connectivity index (χ3n) is 4.64. The van der Waals surface area contributed by atoms with Crippen LogP contribution in [-0.4, -0.2) is 37.9 Å². The third-order valence-corrected chi connectivity index (χ3v) is 4.64. The van der Waals surface area contributed by atoms with E-state index in [4.69, 9.17) is 14.0 Å². The molecule has 7 heteroatoms. The second-order valence-corrected chi connectivity index (χ2v) is 7.08. The smallest absolute Gasteiger partial charge is 0.492 e. The van der Waals surface area contributed by atoms with Crippen LogP contribution in [0.5, 0.6) is 5.75 Å². The van der Waals surface area contributed by atoms with Crippen molar-refractivity contribution in [1.82, 2.24) is 5.32 Å². The number of hydrogen-bond acceptors (Lipinski definition) is 4. The SMILES string of the molecule is COc1c(F)cccc1C=C(CNC(C)=O)B1OC(C)(C)C(C)(C)O1. The van der Waals surface area contributed by atoms with Gasteiger partial charge in [0.25, 0.3) is 0 Å². The van der Waals surface area contributed by atoms with Crippen LogP contribution in [0.1, 0.15) is 40.2 Å². The lowest BCUT2D eigenvalue weighted by molar-refractivity contribution is -0.118. The van der Waals surface area contributed by atoms with Crippen molar-refractivity contribution in [1.29, 1.82) is 0 Å². The first kappa shape index (κ1) is 19.5. The van der Waals surface area contributed by atoms with Gasteiger partial charge in [-0.15, -0.1) is 0 Å². The van der Waals surface area contributed by atoms with Crippen molar-refractivity contribution in [2.45, 2.75) is 45.8 Å². The van der Waals surface area contributed by atoms with Gasteiger partial charge >= 0.3 is 7.12 Å². The fourth-order valence-electron chi connectivity index (χ4n) is 2.48. The Balaban J connectivity index is 2.41. The van der Waals surface area contributed by atoms with E-state index < -0.39 is 24.1 Å². The van der Waals surface area contributed by atoms with Crippen LogP contribution >= 0.6 is 0 Å². The molecule has 1 aliphatic rings. The minimum atomic E-state index is -0.648. The molecule has 136 valence electrons. The lowest BCUT2D eigenvalue weighted by Gasteiger charge is -2.32. The van der Waals surface area contributed by atoms with Gasteiger partial charge in [-0.1, -0.05) is 18.2 Å². The van der Waals surface area contributed by atoms with Gasteiger partial charge in [-0.25, -0.2) is 4.39 Å². The minimum Gasteiger partial charge on any atom is -0.493 e. The molecule has 1 saturated heterocycles. The number of carbonyl (C=O) groups is 1. The van der Waals surface area contributed by atoms with Gasteiger partial charge in [0.2, 0.25) is 5.91 Å². The average Bonchev–Trinajstić information content (AvgIpc) is 2.71. The summed E-state index contributed by atoms with van der Waals surface area (Å²) in [5.41, 5.74) is 0.202. The molecule has 0 bridgehead atoms. The Kier molecular flexibility index (Phi) is 5.59. The molecule has 0 spiro atoms. The van der Waals surface area contributed by atoms with E-state index in [0.717, 1.165) is 0 Å². The van der Waals surface area contributed by atoms with Crippen LogP contribution in [0.15, 0.2) is 23.7 Å². The van der Waals surface area contributed by atoms with E-state index in [1.807, 2.05) is 27.7 Å². The second kappa shape index (κ2) is 7.18. The van der Waals surface area contributed by atoms with E-state index in [2.05, 4.69) is 5.32 Å². The fourth-order valence-corrected chi connectivity index (χ4v) is 2.48. The van der Waals surface area contributed by atoms with Gasteiger partial charge in [-0.3, -0.25) is 4.79 Å². The monoisotopic (exact) mass is 349 g/mol. The summed E-state index contributed by atoms with van der Waals surface area (Å²) in [6.07, 6.45) is 1.74. The highest BCUT2D eigenvalue weighted by Crippen LogP contribution is 2.39. The molecule has 0 radical (unpaired) electrons. The van der Waals surface area contributed by atoms with E-state index in [0.29, 0.717) is 11.0 Å². The number of amides is 1. The molecule has 1 heterocycles. The van der Waals surface area contributed by atoms with Gasteiger partial charge in [0.1, 0.15) is 0 Å². The lowest BCUT2D eigenvalue weighted by atomic mass is 9.77. The summed E-state index contributed by atoms with van der Waals surface area (Å²) < 4.78 is 31.2. The number of halogens is 1. The first-order chi connectivity index (χ1) is 11.6. The average molecular weight is 349 g/mol. The van der Waals surface area contributed by atoms with Crippen molar-refractivity contribution >= 4 is 19.1 Å². The molecule has 1 aromatic rings. The van der Waals surface area contributed by atoms with Crippen molar-refractivity contribution in [3.05, 3.63) is 35.1 Å². The topological polar surface area (TPSA) is 56.8 Å². The van der Waals surface area contributed by atoms with Crippen molar-refractivity contribution in [2.75, 3.05) is 13.7 Å². The fraction of sp³-hybridized carbons (Fsp3) is 0.500. The van der Waals surface area contributed by atoms with Gasteiger partial charge < -0.3 is 19.4 Å². The summed E-state index contributed by atoms with van der Waals surface area (Å²) >= 11 is 0. The van der Waals surface area contributed by atoms with E-state index in [1.165, 1.54) is 20.1 Å². The molecule has 25 heavy (non-hydrogen) atoms. The molecule has 5 nitrogen and oxygen atoms in total. The highest BCUT2D eigenvalue weighted by Gasteiger charge is 2.52. The maximum absolute atomic E-state index is 14.0. The number of carbonyl (C=O) groups excluding carboxylic acids is 1. The summed E-state index contributed by atoms with van der Waals surface area (Å²) in [4.78, 5) is 11.3. The Morgan fingerprint density at radius 1 is 1.28 bits per heavy atom. The third kappa shape index (κ3) is 4.22. The number of hydrogen-bond donors (Lipinski definition) is 1. The molecule has 0 unspecified atom stereocenters. The summed E-state index contributed by atoms with van der Waals surface area (Å²) in [5.74, 6) is -0.489. The Hall–Kier alpha value is -1.86. The van der Waals surface area contributed by atoms with Crippen molar-refractivity contribution in [2.24, 2.45) is 0 Å². The van der Waals surface area contributed by atoms with Crippen molar-refractivity contribution in [3.8, 4) is 5.75 Å². The first-order valence-corrected chi connectivity index (χ1v) is 8.20. The second-order valence-electron chi connectivity index (χ2n) is 7.08. The number of rotatable bonds is 5. The zero-order chi connectivity index (χ0) is 18.8. The van der Waals surface area contributed by atoms with Crippen molar-refractivity contribution in [3.63, 3.8) is 0 Å². The maximum Gasteiger partial charge on any atom is 0.492 e. The number of ether oxygens (including phenoxy) is 1. The largest absolute Gasteiger partial charge is 0.493 e. The molecular formula is C18H25BFNO4. The van der Waals surface area contributed by atoms with E-state index >= 15 is 0 Å². The molecular weight excluding hydrogens is 324 g/mol. The van der Waals surface area contributed by atoms with E-state index in [1.54, 1.807) is 18.2 Å². The number of para-hydroxylation sites is 1. The van der Waals surface area contributed by atoms with Crippen LogP contribution in [0.2, 0.25) is 0 Å². The molecule has 1 amide bonds. The minimum absolute atomic E-state index is 0.138. The first-order valence-electron chi connectivity index (χ1n) is 8.20. The Morgan fingerprint density at radius 3 is 2.40 bits per heavy atom. The predicted molar refractivity (Wildman–Crippen MR) is 95.7 cm³/mol. The normalized spacial score (nSPS) is 19.0. The predicted octanol–water partition coefficient (Wildman–Crippen LogP) is 2.99. The van der Waals surface area contributed by atoms with Gasteiger partial charge in [0.15, 0.2) is 11.6 Å². The summed E-state index contributed by atoms with van der Waals surface area (Å²) in [7, 11) is 0.766. The molecule has 0 saturated carbocycles. The standard InChI is InChI=1S/C18H25BFNO4/c1-12(22)21-11-14(19-24-17(2,3)18(4,5)25-19)10-13-8-7-9-15(20)16(13)23-6/h7-10H,11H2,1-6H3,(H,21,22). The molecule has 0 aromatic heterocycles. The molecule has 0 aliphatic carbocycles. The number of methoxy groups -OCH3 is 1. The molecule has 1 N–H and O–H groups in total. The van der Waals surface area contributed by atoms with Crippen LogP contribution in [0.25, 0.3) is 6.08 Å². The van der Waals surface area contributed by atoms with Gasteiger partial charge in [0, 0.05) is 19.0 Å². The molecule has 0 atom stereocenters. The van der Waals surface area contributed by atoms with Crippen LogP contribution in [0.3, 0.4) is 0 Å². The molecule has 1 aliphatic heterocycles. The van der Waals surface area contributed by atoms with Gasteiger partial charge in [0.05, 0.1) is 18.3 Å². The van der Waals surface area contributed by atoms with Gasteiger partial charge in [-0.05, 0) is 39.2 Å². The molecule has 2 rings (SSSR count). The number of benzene rings is 1. The quantitative estimate of drug-likeness (QED) is 0.831. The molecule has 1 fully saturated rings. The Morgan fingerprint density at radius 2 is 1.88 bits per heavy atom. The maximum atomic E-state index is 14.0. The van der Waals surface area contributed by atoms with Gasteiger partial charge in [-0.2, -0.15) is 0 Å². The summed E-state index contributed by atoms with van der Waals surface area (Å²) in [6.45, 7) is 9.46. The van der Waals surface area contributed by atoms with Crippen LogP contribution in [-0.2, 0) is 14.1 Å². The van der Waals surface area contributed by atoms with Crippen LogP contribution < -0.4 is 10.1 Å².